The Morgan fingerprint density at radius 2 is 2.21 bits per heavy atom. The van der Waals surface area contributed by atoms with E-state index in [1.165, 1.54) is 6.08 Å². The number of benzene rings is 1. The Kier molecular flexibility index (Phi) is 4.60. The third-order valence-corrected chi connectivity index (χ3v) is 3.66. The van der Waals surface area contributed by atoms with Gasteiger partial charge in [0.1, 0.15) is 18.0 Å². The van der Waals surface area contributed by atoms with Gasteiger partial charge in [0, 0.05) is 18.1 Å². The summed E-state index contributed by atoms with van der Waals surface area (Å²) < 4.78 is 16.8. The molecule has 1 aliphatic heterocycles. The van der Waals surface area contributed by atoms with Gasteiger partial charge in [-0.05, 0) is 38.1 Å². The van der Waals surface area contributed by atoms with Crippen molar-refractivity contribution in [2.24, 2.45) is 0 Å². The van der Waals surface area contributed by atoms with Crippen LogP contribution in [0.3, 0.4) is 0 Å². The molecule has 1 aromatic carbocycles. The van der Waals surface area contributed by atoms with E-state index >= 15 is 0 Å². The van der Waals surface area contributed by atoms with Crippen LogP contribution in [0.1, 0.15) is 25.2 Å². The first kappa shape index (κ1) is 16.2. The molecule has 0 fully saturated rings. The number of carbonyl (C=O) groups is 1. The Morgan fingerprint density at radius 3 is 3.00 bits per heavy atom. The molecule has 0 radical (unpaired) electrons. The summed E-state index contributed by atoms with van der Waals surface area (Å²) in [5.74, 6) is 1.98. The third-order valence-electron chi connectivity index (χ3n) is 3.66. The van der Waals surface area contributed by atoms with Gasteiger partial charge in [-0.25, -0.2) is 0 Å². The minimum Gasteiger partial charge on any atom is -0.488 e. The van der Waals surface area contributed by atoms with Gasteiger partial charge in [0.25, 0.3) is 0 Å². The topological polar surface area (TPSA) is 60.7 Å². The van der Waals surface area contributed by atoms with Crippen LogP contribution in [-0.2, 0) is 11.2 Å². The molecule has 126 valence electrons. The second kappa shape index (κ2) is 6.83. The number of rotatable bonds is 6. The monoisotopic (exact) mass is 327 g/mol. The zero-order valence-electron chi connectivity index (χ0n) is 13.9. The maximum absolute atomic E-state index is 11.7. The molecule has 0 spiro atoms. The van der Waals surface area contributed by atoms with Crippen molar-refractivity contribution >= 4 is 12.0 Å². The van der Waals surface area contributed by atoms with Crippen LogP contribution in [0.25, 0.3) is 6.08 Å². The summed E-state index contributed by atoms with van der Waals surface area (Å²) in [6.45, 7) is 4.90. The van der Waals surface area contributed by atoms with E-state index in [9.17, 15) is 4.79 Å². The van der Waals surface area contributed by atoms with Crippen molar-refractivity contribution < 1.29 is 18.7 Å². The van der Waals surface area contributed by atoms with Gasteiger partial charge < -0.3 is 19.2 Å². The molecule has 3 rings (SSSR count). The number of ether oxygens (including phenoxy) is 2. The first-order valence-electron chi connectivity index (χ1n) is 7.97. The van der Waals surface area contributed by atoms with E-state index in [0.717, 1.165) is 23.5 Å². The van der Waals surface area contributed by atoms with Gasteiger partial charge in [0.15, 0.2) is 11.5 Å². The predicted molar refractivity (Wildman–Crippen MR) is 91.1 cm³/mol. The Labute approximate surface area is 141 Å². The Morgan fingerprint density at radius 1 is 1.33 bits per heavy atom. The number of hydrogen-bond donors (Lipinski definition) is 1. The molecule has 2 heterocycles. The van der Waals surface area contributed by atoms with Gasteiger partial charge in [-0.1, -0.05) is 12.1 Å². The Bertz CT molecular complexity index is 732. The fraction of sp³-hybridized carbons (Fsp3) is 0.316. The molecule has 5 nitrogen and oxygen atoms in total. The molecule has 24 heavy (non-hydrogen) atoms. The minimum atomic E-state index is -0.202. The first-order chi connectivity index (χ1) is 11.5. The fourth-order valence-corrected chi connectivity index (χ4v) is 2.64. The average molecular weight is 327 g/mol. The molecule has 0 saturated carbocycles. The SMILES string of the molecule is CC1(C)Cc2cccc(OCCNC(=O)/C=C/c3ccco3)c2O1. The second-order valence-corrected chi connectivity index (χ2v) is 6.27. The molecule has 0 unspecified atom stereocenters. The van der Waals surface area contributed by atoms with Crippen LogP contribution in [0.15, 0.2) is 47.1 Å². The number of amides is 1. The van der Waals surface area contributed by atoms with E-state index < -0.39 is 0 Å². The smallest absolute Gasteiger partial charge is 0.244 e. The zero-order valence-corrected chi connectivity index (χ0v) is 13.9. The molecule has 1 N–H and O–H groups in total. The minimum absolute atomic E-state index is 0.189. The van der Waals surface area contributed by atoms with Crippen LogP contribution >= 0.6 is 0 Å². The highest BCUT2D eigenvalue weighted by molar-refractivity contribution is 5.91. The Balaban J connectivity index is 1.46. The largest absolute Gasteiger partial charge is 0.488 e. The molecule has 5 heteroatoms. The number of carbonyl (C=O) groups excluding carboxylic acids is 1. The highest BCUT2D eigenvalue weighted by Gasteiger charge is 2.32. The lowest BCUT2D eigenvalue weighted by molar-refractivity contribution is -0.116. The molecule has 0 saturated heterocycles. The standard InChI is InChI=1S/C19H21NO4/c1-19(2)13-14-5-3-7-16(18(14)24-19)23-12-10-20-17(21)9-8-15-6-4-11-22-15/h3-9,11H,10,12-13H2,1-2H3,(H,20,21)/b9-8+. The van der Waals surface area contributed by atoms with Crippen LogP contribution in [0.2, 0.25) is 0 Å². The highest BCUT2D eigenvalue weighted by Crippen LogP contribution is 2.41. The van der Waals surface area contributed by atoms with Crippen molar-refractivity contribution in [3.63, 3.8) is 0 Å². The van der Waals surface area contributed by atoms with Gasteiger partial charge in [0.2, 0.25) is 5.91 Å². The number of hydrogen-bond acceptors (Lipinski definition) is 4. The summed E-state index contributed by atoms with van der Waals surface area (Å²) >= 11 is 0. The third kappa shape index (κ3) is 3.98. The summed E-state index contributed by atoms with van der Waals surface area (Å²) in [6.07, 6.45) is 5.49. The molecule has 0 aliphatic carbocycles. The fourth-order valence-electron chi connectivity index (χ4n) is 2.64. The van der Waals surface area contributed by atoms with Crippen molar-refractivity contribution in [2.75, 3.05) is 13.2 Å². The van der Waals surface area contributed by atoms with Crippen LogP contribution in [0.4, 0.5) is 0 Å². The molecule has 2 aromatic rings. The lowest BCUT2D eigenvalue weighted by Gasteiger charge is -2.18. The van der Waals surface area contributed by atoms with Crippen molar-refractivity contribution in [3.05, 3.63) is 54.0 Å². The normalized spacial score (nSPS) is 15.1. The average Bonchev–Trinajstić information content (AvgIpc) is 3.15. The van der Waals surface area contributed by atoms with E-state index in [-0.39, 0.29) is 11.5 Å². The van der Waals surface area contributed by atoms with Crippen LogP contribution in [0, 0.1) is 0 Å². The highest BCUT2D eigenvalue weighted by atomic mass is 16.5. The zero-order chi connectivity index (χ0) is 17.0. The first-order valence-corrected chi connectivity index (χ1v) is 7.97. The lowest BCUT2D eigenvalue weighted by atomic mass is 10.0. The van der Waals surface area contributed by atoms with E-state index in [1.54, 1.807) is 24.5 Å². The molecule has 0 atom stereocenters. The number of nitrogens with one attached hydrogen (secondary N) is 1. The second-order valence-electron chi connectivity index (χ2n) is 6.27. The maximum Gasteiger partial charge on any atom is 0.244 e. The van der Waals surface area contributed by atoms with Gasteiger partial charge in [-0.15, -0.1) is 0 Å². The van der Waals surface area contributed by atoms with E-state index in [0.29, 0.717) is 18.9 Å². The Hall–Kier alpha value is -2.69. The van der Waals surface area contributed by atoms with E-state index in [1.807, 2.05) is 12.1 Å². The summed E-state index contributed by atoms with van der Waals surface area (Å²) in [5, 5.41) is 2.77. The predicted octanol–water partition coefficient (Wildman–Crippen LogP) is 3.20. The van der Waals surface area contributed by atoms with E-state index in [2.05, 4.69) is 25.2 Å². The molecule has 1 aliphatic rings. The van der Waals surface area contributed by atoms with Gasteiger partial charge in [-0.3, -0.25) is 4.79 Å². The van der Waals surface area contributed by atoms with Gasteiger partial charge >= 0.3 is 0 Å². The summed E-state index contributed by atoms with van der Waals surface area (Å²) in [4.78, 5) is 11.7. The van der Waals surface area contributed by atoms with Crippen molar-refractivity contribution in [1.82, 2.24) is 5.32 Å². The van der Waals surface area contributed by atoms with E-state index in [4.69, 9.17) is 13.9 Å². The van der Waals surface area contributed by atoms with Crippen molar-refractivity contribution in [2.45, 2.75) is 25.9 Å². The summed E-state index contributed by atoms with van der Waals surface area (Å²) in [5.41, 5.74) is 0.954. The summed E-state index contributed by atoms with van der Waals surface area (Å²) in [7, 11) is 0. The number of fused-ring (bicyclic) bond motifs is 1. The molecular weight excluding hydrogens is 306 g/mol. The van der Waals surface area contributed by atoms with Crippen LogP contribution in [-0.4, -0.2) is 24.7 Å². The summed E-state index contributed by atoms with van der Waals surface area (Å²) in [6, 6.07) is 9.46. The molecule has 0 bridgehead atoms. The van der Waals surface area contributed by atoms with Crippen LogP contribution < -0.4 is 14.8 Å². The maximum atomic E-state index is 11.7. The molecule has 1 aromatic heterocycles. The quantitative estimate of drug-likeness (QED) is 0.654. The van der Waals surface area contributed by atoms with Gasteiger partial charge in [-0.2, -0.15) is 0 Å². The van der Waals surface area contributed by atoms with Gasteiger partial charge in [0.05, 0.1) is 12.8 Å². The van der Waals surface area contributed by atoms with Crippen molar-refractivity contribution in [3.8, 4) is 11.5 Å². The number of para-hydroxylation sites is 1. The van der Waals surface area contributed by atoms with Crippen LogP contribution in [0.5, 0.6) is 11.5 Å². The molecule has 1 amide bonds. The van der Waals surface area contributed by atoms with Crippen molar-refractivity contribution in [1.29, 1.82) is 0 Å². The molecular formula is C19H21NO4. The number of furan rings is 1. The lowest BCUT2D eigenvalue weighted by Crippen LogP contribution is -2.26.